The van der Waals surface area contributed by atoms with Crippen LogP contribution in [0.4, 0.5) is 13.2 Å². The van der Waals surface area contributed by atoms with E-state index in [4.69, 9.17) is 4.74 Å². The van der Waals surface area contributed by atoms with Gasteiger partial charge in [0, 0.05) is 38.5 Å². The Labute approximate surface area is 162 Å². The molecule has 1 atom stereocenters. The third-order valence-corrected chi connectivity index (χ3v) is 3.86. The van der Waals surface area contributed by atoms with Crippen molar-refractivity contribution in [1.29, 1.82) is 0 Å². The number of aryl methyl sites for hydroxylation is 1. The first-order valence-corrected chi connectivity index (χ1v) is 7.99. The molecule has 1 aromatic heterocycles. The maximum Gasteiger partial charge on any atom is 0.435 e. The first kappa shape index (κ1) is 22.0. The van der Waals surface area contributed by atoms with E-state index in [9.17, 15) is 13.2 Å². The van der Waals surface area contributed by atoms with Gasteiger partial charge in [-0.15, -0.1) is 24.0 Å². The first-order valence-electron chi connectivity index (χ1n) is 7.99. The number of guanidine groups is 1. The molecule has 10 heteroatoms. The second kappa shape index (κ2) is 9.06. The Morgan fingerprint density at radius 2 is 2.16 bits per heavy atom. The highest BCUT2D eigenvalue weighted by molar-refractivity contribution is 14.0. The minimum absolute atomic E-state index is 0. The molecule has 144 valence electrons. The number of aliphatic imine (C=N–C) groups is 1. The smallest absolute Gasteiger partial charge is 0.373 e. The van der Waals surface area contributed by atoms with Gasteiger partial charge in [0.2, 0.25) is 0 Å². The summed E-state index contributed by atoms with van der Waals surface area (Å²) in [7, 11) is 1.46. The molecular formula is C15H25F3IN5O. The lowest BCUT2D eigenvalue weighted by atomic mass is 10.0. The molecule has 1 aromatic rings. The number of alkyl halides is 3. The standard InChI is InChI=1S/C15H24F3N5O.HI/c1-4-19-13(21-10-14(2)6-5-7-24-14)20-8-11-9-23(3)22-12(11)15(16,17)18;/h9H,4-8,10H2,1-3H3,(H2,19,20,21);1H. The summed E-state index contributed by atoms with van der Waals surface area (Å²) in [6.07, 6.45) is -1.18. The van der Waals surface area contributed by atoms with Gasteiger partial charge in [0.15, 0.2) is 11.7 Å². The molecule has 2 heterocycles. The lowest BCUT2D eigenvalue weighted by Gasteiger charge is -2.24. The van der Waals surface area contributed by atoms with Crippen molar-refractivity contribution < 1.29 is 17.9 Å². The van der Waals surface area contributed by atoms with Crippen molar-refractivity contribution in [1.82, 2.24) is 20.4 Å². The maximum absolute atomic E-state index is 13.0. The highest BCUT2D eigenvalue weighted by Gasteiger charge is 2.36. The molecule has 0 amide bonds. The van der Waals surface area contributed by atoms with E-state index in [-0.39, 0.29) is 41.7 Å². The fraction of sp³-hybridized carbons (Fsp3) is 0.733. The van der Waals surface area contributed by atoms with E-state index >= 15 is 0 Å². The molecule has 1 saturated heterocycles. The summed E-state index contributed by atoms with van der Waals surface area (Å²) >= 11 is 0. The molecule has 2 N–H and O–H groups in total. The molecule has 0 aliphatic carbocycles. The molecule has 1 aliphatic heterocycles. The molecule has 0 radical (unpaired) electrons. The van der Waals surface area contributed by atoms with Gasteiger partial charge in [0.25, 0.3) is 0 Å². The van der Waals surface area contributed by atoms with Crippen molar-refractivity contribution in [3.05, 3.63) is 17.5 Å². The van der Waals surface area contributed by atoms with Gasteiger partial charge in [-0.1, -0.05) is 0 Å². The lowest BCUT2D eigenvalue weighted by molar-refractivity contribution is -0.142. The Bertz CT molecular complexity index is 582. The molecule has 6 nitrogen and oxygen atoms in total. The quantitative estimate of drug-likeness (QED) is 0.391. The Hall–Kier alpha value is -1.04. The Kier molecular flexibility index (Phi) is 7.97. The molecule has 0 aromatic carbocycles. The van der Waals surface area contributed by atoms with E-state index in [1.165, 1.54) is 13.2 Å². The Morgan fingerprint density at radius 3 is 2.72 bits per heavy atom. The third kappa shape index (κ3) is 6.32. The highest BCUT2D eigenvalue weighted by atomic mass is 127. The van der Waals surface area contributed by atoms with Crippen LogP contribution >= 0.6 is 24.0 Å². The minimum Gasteiger partial charge on any atom is -0.373 e. The number of ether oxygens (including phenoxy) is 1. The fourth-order valence-corrected chi connectivity index (χ4v) is 2.64. The van der Waals surface area contributed by atoms with Gasteiger partial charge < -0.3 is 15.4 Å². The maximum atomic E-state index is 13.0. The summed E-state index contributed by atoms with van der Waals surface area (Å²) in [6.45, 7) is 5.71. The third-order valence-electron chi connectivity index (χ3n) is 3.86. The number of rotatable bonds is 5. The monoisotopic (exact) mass is 475 g/mol. The van der Waals surface area contributed by atoms with Crippen molar-refractivity contribution in [2.24, 2.45) is 12.0 Å². The number of nitrogens with one attached hydrogen (secondary N) is 2. The highest BCUT2D eigenvalue weighted by Crippen LogP contribution is 2.30. The van der Waals surface area contributed by atoms with Crippen LogP contribution in [0.3, 0.4) is 0 Å². The molecule has 1 fully saturated rings. The van der Waals surface area contributed by atoms with Crippen molar-refractivity contribution in [2.75, 3.05) is 19.7 Å². The molecule has 1 unspecified atom stereocenters. The van der Waals surface area contributed by atoms with Crippen LogP contribution in [-0.4, -0.2) is 41.0 Å². The largest absolute Gasteiger partial charge is 0.435 e. The topological polar surface area (TPSA) is 63.5 Å². The molecule has 0 saturated carbocycles. The van der Waals surface area contributed by atoms with Crippen LogP contribution in [0, 0.1) is 0 Å². The van der Waals surface area contributed by atoms with Crippen LogP contribution < -0.4 is 10.6 Å². The number of aromatic nitrogens is 2. The fourth-order valence-electron chi connectivity index (χ4n) is 2.64. The SMILES string of the molecule is CCNC(=NCc1cn(C)nc1C(F)(F)F)NCC1(C)CCCO1.I. The van der Waals surface area contributed by atoms with Gasteiger partial charge in [-0.05, 0) is 26.7 Å². The normalized spacial score (nSPS) is 21.1. The van der Waals surface area contributed by atoms with Crippen LogP contribution in [0.15, 0.2) is 11.2 Å². The van der Waals surface area contributed by atoms with E-state index < -0.39 is 11.9 Å². The van der Waals surface area contributed by atoms with Crippen molar-refractivity contribution in [3.8, 4) is 0 Å². The minimum atomic E-state index is -4.48. The summed E-state index contributed by atoms with van der Waals surface area (Å²) in [5, 5.41) is 9.67. The summed E-state index contributed by atoms with van der Waals surface area (Å²) in [6, 6.07) is 0. The predicted molar refractivity (Wildman–Crippen MR) is 100 cm³/mol. The van der Waals surface area contributed by atoms with E-state index in [1.807, 2.05) is 13.8 Å². The predicted octanol–water partition coefficient (Wildman–Crippen LogP) is 2.68. The Morgan fingerprint density at radius 1 is 1.44 bits per heavy atom. The van der Waals surface area contributed by atoms with Crippen molar-refractivity contribution >= 4 is 29.9 Å². The van der Waals surface area contributed by atoms with Crippen molar-refractivity contribution in [3.63, 3.8) is 0 Å². The zero-order valence-electron chi connectivity index (χ0n) is 14.6. The summed E-state index contributed by atoms with van der Waals surface area (Å²) < 4.78 is 45.7. The first-order chi connectivity index (χ1) is 11.2. The molecule has 2 rings (SSSR count). The van der Waals surface area contributed by atoms with Gasteiger partial charge in [-0.2, -0.15) is 18.3 Å². The van der Waals surface area contributed by atoms with Crippen LogP contribution in [0.5, 0.6) is 0 Å². The number of halogens is 4. The van der Waals surface area contributed by atoms with E-state index in [0.29, 0.717) is 19.0 Å². The number of hydrogen-bond acceptors (Lipinski definition) is 3. The number of nitrogens with zero attached hydrogens (tertiary/aromatic N) is 3. The number of hydrogen-bond donors (Lipinski definition) is 2. The average molecular weight is 475 g/mol. The molecule has 1 aliphatic rings. The van der Waals surface area contributed by atoms with E-state index in [0.717, 1.165) is 24.1 Å². The second-order valence-corrected chi connectivity index (χ2v) is 6.13. The van der Waals surface area contributed by atoms with Gasteiger partial charge >= 0.3 is 6.18 Å². The lowest BCUT2D eigenvalue weighted by Crippen LogP contribution is -2.45. The average Bonchev–Trinajstić information content (AvgIpc) is 3.08. The molecule has 25 heavy (non-hydrogen) atoms. The van der Waals surface area contributed by atoms with Gasteiger partial charge in [0.05, 0.1) is 12.1 Å². The molecule has 0 spiro atoms. The second-order valence-electron chi connectivity index (χ2n) is 6.13. The summed E-state index contributed by atoms with van der Waals surface area (Å²) in [5.41, 5.74) is -1.11. The van der Waals surface area contributed by atoms with Gasteiger partial charge in [-0.3, -0.25) is 4.68 Å². The zero-order chi connectivity index (χ0) is 17.8. The van der Waals surface area contributed by atoms with Crippen LogP contribution in [0.25, 0.3) is 0 Å². The Balaban J connectivity index is 0.00000312. The van der Waals surface area contributed by atoms with E-state index in [2.05, 4.69) is 20.7 Å². The van der Waals surface area contributed by atoms with Gasteiger partial charge in [-0.25, -0.2) is 4.99 Å². The van der Waals surface area contributed by atoms with Crippen molar-refractivity contribution in [2.45, 2.75) is 45.0 Å². The summed E-state index contributed by atoms with van der Waals surface area (Å²) in [5.74, 6) is 0.464. The zero-order valence-corrected chi connectivity index (χ0v) is 16.9. The molecular weight excluding hydrogens is 450 g/mol. The van der Waals surface area contributed by atoms with Crippen LogP contribution in [-0.2, 0) is 24.5 Å². The molecule has 0 bridgehead atoms. The summed E-state index contributed by atoms with van der Waals surface area (Å²) in [4.78, 5) is 4.25. The van der Waals surface area contributed by atoms with Gasteiger partial charge in [0.1, 0.15) is 0 Å². The van der Waals surface area contributed by atoms with Crippen LogP contribution in [0.2, 0.25) is 0 Å². The van der Waals surface area contributed by atoms with Crippen LogP contribution in [0.1, 0.15) is 37.9 Å². The van der Waals surface area contributed by atoms with E-state index in [1.54, 1.807) is 0 Å².